The normalized spacial score (nSPS) is 11.1. The Morgan fingerprint density at radius 2 is 0.938 bits per heavy atom. The lowest BCUT2D eigenvalue weighted by Gasteiger charge is -2.15. The van der Waals surface area contributed by atoms with Gasteiger partial charge in [0.15, 0.2) is 0 Å². The van der Waals surface area contributed by atoms with E-state index >= 15 is 0 Å². The minimum absolute atomic E-state index is 0.268. The van der Waals surface area contributed by atoms with E-state index in [-0.39, 0.29) is 13.2 Å². The number of methoxy groups -OCH3 is 4. The first kappa shape index (κ1) is 34.0. The summed E-state index contributed by atoms with van der Waals surface area (Å²) in [6.07, 6.45) is -1.43. The average molecular weight is 660 g/mol. The highest BCUT2D eigenvalue weighted by Crippen LogP contribution is 2.32. The SMILES string of the molecule is COc1cc(COc2cc(CCc3ccnc(-c4ccc(C(F)(F)F)cc4)c3)cc(OCc3cc(OC)cc(OC)c3)c2)cc(OC)c1. The van der Waals surface area contributed by atoms with Crippen LogP contribution in [0.2, 0.25) is 0 Å². The number of alkyl halides is 3. The van der Waals surface area contributed by atoms with Gasteiger partial charge in [0, 0.05) is 30.0 Å². The van der Waals surface area contributed by atoms with Crippen LogP contribution in [0.3, 0.4) is 0 Å². The highest BCUT2D eigenvalue weighted by molar-refractivity contribution is 5.60. The summed E-state index contributed by atoms with van der Waals surface area (Å²) >= 11 is 0. The lowest BCUT2D eigenvalue weighted by molar-refractivity contribution is -0.137. The molecule has 0 fully saturated rings. The molecule has 4 aromatic carbocycles. The van der Waals surface area contributed by atoms with Crippen LogP contribution >= 0.6 is 0 Å². The van der Waals surface area contributed by atoms with Crippen molar-refractivity contribution in [1.82, 2.24) is 4.98 Å². The minimum atomic E-state index is -4.39. The van der Waals surface area contributed by atoms with E-state index in [1.807, 2.05) is 54.6 Å². The summed E-state index contributed by atoms with van der Waals surface area (Å²) in [6.45, 7) is 0.536. The van der Waals surface area contributed by atoms with Gasteiger partial charge in [0.1, 0.15) is 47.7 Å². The molecule has 7 nitrogen and oxygen atoms in total. The van der Waals surface area contributed by atoms with E-state index in [0.717, 1.165) is 34.4 Å². The zero-order valence-corrected chi connectivity index (χ0v) is 27.1. The smallest absolute Gasteiger partial charge is 0.416 e. The van der Waals surface area contributed by atoms with Gasteiger partial charge in [0.25, 0.3) is 0 Å². The minimum Gasteiger partial charge on any atom is -0.497 e. The van der Waals surface area contributed by atoms with Crippen molar-refractivity contribution in [3.63, 3.8) is 0 Å². The van der Waals surface area contributed by atoms with Gasteiger partial charge in [-0.15, -0.1) is 0 Å². The number of halogens is 3. The molecule has 48 heavy (non-hydrogen) atoms. The van der Waals surface area contributed by atoms with E-state index in [9.17, 15) is 13.2 Å². The van der Waals surface area contributed by atoms with Crippen LogP contribution in [0.5, 0.6) is 34.5 Å². The van der Waals surface area contributed by atoms with E-state index in [1.54, 1.807) is 46.8 Å². The molecule has 0 bridgehead atoms. The molecule has 250 valence electrons. The lowest BCUT2D eigenvalue weighted by atomic mass is 10.0. The topological polar surface area (TPSA) is 68.3 Å². The van der Waals surface area contributed by atoms with Crippen LogP contribution in [0.15, 0.2) is 97.2 Å². The molecule has 0 spiro atoms. The number of aromatic nitrogens is 1. The number of rotatable bonds is 14. The molecule has 0 N–H and O–H groups in total. The molecule has 0 unspecified atom stereocenters. The monoisotopic (exact) mass is 659 g/mol. The summed E-state index contributed by atoms with van der Waals surface area (Å²) in [4.78, 5) is 4.38. The summed E-state index contributed by atoms with van der Waals surface area (Å²) in [5.41, 5.74) is 4.22. The molecule has 0 amide bonds. The van der Waals surface area contributed by atoms with Crippen molar-refractivity contribution in [2.45, 2.75) is 32.2 Å². The lowest BCUT2D eigenvalue weighted by Crippen LogP contribution is -2.04. The zero-order valence-electron chi connectivity index (χ0n) is 27.1. The third-order valence-electron chi connectivity index (χ3n) is 7.61. The third-order valence-corrected chi connectivity index (χ3v) is 7.61. The first-order valence-corrected chi connectivity index (χ1v) is 15.1. The van der Waals surface area contributed by atoms with Crippen LogP contribution in [-0.4, -0.2) is 33.4 Å². The van der Waals surface area contributed by atoms with Crippen LogP contribution in [0.25, 0.3) is 11.3 Å². The fourth-order valence-electron chi connectivity index (χ4n) is 5.08. The van der Waals surface area contributed by atoms with E-state index in [4.69, 9.17) is 28.4 Å². The van der Waals surface area contributed by atoms with Crippen LogP contribution in [0.4, 0.5) is 13.2 Å². The Bertz CT molecular complexity index is 1700. The van der Waals surface area contributed by atoms with Crippen molar-refractivity contribution in [1.29, 1.82) is 0 Å². The Morgan fingerprint density at radius 1 is 0.500 bits per heavy atom. The van der Waals surface area contributed by atoms with E-state index in [0.29, 0.717) is 58.6 Å². The van der Waals surface area contributed by atoms with Crippen molar-refractivity contribution < 1.29 is 41.6 Å². The molecule has 0 saturated carbocycles. The van der Waals surface area contributed by atoms with Crippen molar-refractivity contribution in [2.24, 2.45) is 0 Å². The third kappa shape index (κ3) is 9.12. The molecule has 0 aliphatic carbocycles. The molecule has 1 heterocycles. The van der Waals surface area contributed by atoms with Gasteiger partial charge >= 0.3 is 6.18 Å². The maximum absolute atomic E-state index is 13.0. The van der Waals surface area contributed by atoms with Crippen LogP contribution in [0.1, 0.15) is 27.8 Å². The van der Waals surface area contributed by atoms with Crippen LogP contribution in [-0.2, 0) is 32.2 Å². The summed E-state index contributed by atoms with van der Waals surface area (Å²) in [7, 11) is 6.39. The van der Waals surface area contributed by atoms with E-state index in [2.05, 4.69) is 4.98 Å². The van der Waals surface area contributed by atoms with E-state index in [1.165, 1.54) is 12.1 Å². The molecule has 0 radical (unpaired) electrons. The average Bonchev–Trinajstić information content (AvgIpc) is 3.11. The van der Waals surface area contributed by atoms with Gasteiger partial charge in [0.05, 0.1) is 39.7 Å². The number of ether oxygens (including phenoxy) is 6. The molecule has 0 saturated heterocycles. The summed E-state index contributed by atoms with van der Waals surface area (Å²) in [5.74, 6) is 3.88. The second-order valence-corrected chi connectivity index (χ2v) is 11.0. The summed E-state index contributed by atoms with van der Waals surface area (Å²) in [6, 6.07) is 25.7. The van der Waals surface area contributed by atoms with Gasteiger partial charge in [-0.25, -0.2) is 0 Å². The van der Waals surface area contributed by atoms with Crippen LogP contribution < -0.4 is 28.4 Å². The van der Waals surface area contributed by atoms with Gasteiger partial charge < -0.3 is 28.4 Å². The maximum Gasteiger partial charge on any atom is 0.416 e. The molecule has 10 heteroatoms. The van der Waals surface area contributed by atoms with Gasteiger partial charge in [0.2, 0.25) is 0 Å². The quantitative estimate of drug-likeness (QED) is 0.118. The largest absolute Gasteiger partial charge is 0.497 e. The molecular weight excluding hydrogens is 623 g/mol. The highest BCUT2D eigenvalue weighted by Gasteiger charge is 2.30. The van der Waals surface area contributed by atoms with Gasteiger partial charge in [-0.3, -0.25) is 4.98 Å². The molecular formula is C38H36F3NO6. The number of benzene rings is 4. The molecule has 1 aromatic heterocycles. The number of pyridine rings is 1. The second-order valence-electron chi connectivity index (χ2n) is 11.0. The highest BCUT2D eigenvalue weighted by atomic mass is 19.4. The van der Waals surface area contributed by atoms with Crippen molar-refractivity contribution in [3.8, 4) is 45.8 Å². The fraction of sp³-hybridized carbons (Fsp3) is 0.237. The number of hydrogen-bond acceptors (Lipinski definition) is 7. The molecule has 5 rings (SSSR count). The predicted molar refractivity (Wildman–Crippen MR) is 176 cm³/mol. The number of nitrogens with zero attached hydrogens (tertiary/aromatic N) is 1. The Morgan fingerprint density at radius 3 is 1.40 bits per heavy atom. The van der Waals surface area contributed by atoms with Gasteiger partial charge in [-0.05, 0) is 95.8 Å². The Hall–Kier alpha value is -5.38. The van der Waals surface area contributed by atoms with Gasteiger partial charge in [-0.1, -0.05) is 12.1 Å². The second kappa shape index (κ2) is 15.5. The fourth-order valence-corrected chi connectivity index (χ4v) is 5.08. The molecule has 0 aliphatic heterocycles. The Balaban J connectivity index is 1.36. The molecule has 0 aliphatic rings. The number of hydrogen-bond donors (Lipinski definition) is 0. The first-order chi connectivity index (χ1) is 23.1. The zero-order chi connectivity index (χ0) is 34.1. The van der Waals surface area contributed by atoms with Crippen molar-refractivity contribution in [3.05, 3.63) is 125 Å². The van der Waals surface area contributed by atoms with Gasteiger partial charge in [-0.2, -0.15) is 13.2 Å². The molecule has 5 aromatic rings. The maximum atomic E-state index is 13.0. The van der Waals surface area contributed by atoms with Crippen molar-refractivity contribution in [2.75, 3.05) is 28.4 Å². The summed E-state index contributed by atoms with van der Waals surface area (Å²) in [5, 5.41) is 0. The Labute approximate surface area is 277 Å². The predicted octanol–water partition coefficient (Wildman–Crippen LogP) is 8.75. The molecule has 0 atom stereocenters. The van der Waals surface area contributed by atoms with E-state index < -0.39 is 11.7 Å². The van der Waals surface area contributed by atoms with Crippen LogP contribution in [0, 0.1) is 0 Å². The first-order valence-electron chi connectivity index (χ1n) is 15.1. The number of aryl methyl sites for hydroxylation is 2. The van der Waals surface area contributed by atoms with Crippen molar-refractivity contribution >= 4 is 0 Å². The Kier molecular flexibility index (Phi) is 10.9. The summed E-state index contributed by atoms with van der Waals surface area (Å²) < 4.78 is 73.2. The standard InChI is InChI=1S/C38H36F3NO6/c1-43-31-15-27(16-32(20-31)44-2)23-47-35-13-26(14-36(22-35)48-24-28-17-33(45-3)21-34(18-28)46-4)6-5-25-11-12-42-37(19-25)29-7-9-30(10-8-29)38(39,40)41/h7-22H,5-6,23-24H2,1-4H3.